The van der Waals surface area contributed by atoms with Crippen molar-refractivity contribution in [1.29, 1.82) is 0 Å². The molecule has 0 unspecified atom stereocenters. The Hall–Kier alpha value is -1.23. The van der Waals surface area contributed by atoms with Gasteiger partial charge in [-0.3, -0.25) is 15.1 Å². The molecule has 1 aromatic heterocycles. The number of allylic oxidation sites excluding steroid dienone is 1. The predicted molar refractivity (Wildman–Crippen MR) is 42.8 cm³/mol. The van der Waals surface area contributed by atoms with Crippen LogP contribution in [0, 0.1) is 10.1 Å². The van der Waals surface area contributed by atoms with E-state index in [0.717, 1.165) is 4.88 Å². The third-order valence-corrected chi connectivity index (χ3v) is 1.81. The van der Waals surface area contributed by atoms with Gasteiger partial charge in [-0.05, 0) is 0 Å². The molecular formula is C6H6N2O2S. The topological polar surface area (TPSA) is 56.0 Å². The Morgan fingerprint density at radius 2 is 2.64 bits per heavy atom. The molecule has 0 fully saturated rings. The van der Waals surface area contributed by atoms with Crippen molar-refractivity contribution in [2.45, 2.75) is 6.92 Å². The van der Waals surface area contributed by atoms with Crippen LogP contribution in [0.5, 0.6) is 0 Å². The van der Waals surface area contributed by atoms with Crippen LogP contribution in [0.25, 0.3) is 6.08 Å². The first-order valence-electron chi connectivity index (χ1n) is 2.91. The fourth-order valence-electron chi connectivity index (χ4n) is 0.555. The quantitative estimate of drug-likeness (QED) is 0.502. The van der Waals surface area contributed by atoms with Crippen LogP contribution >= 0.6 is 11.3 Å². The number of rotatable bonds is 2. The van der Waals surface area contributed by atoms with Crippen molar-refractivity contribution in [3.63, 3.8) is 0 Å². The van der Waals surface area contributed by atoms with Crippen molar-refractivity contribution < 1.29 is 4.92 Å². The normalized spacial score (nSPS) is 11.5. The molecule has 0 aliphatic rings. The van der Waals surface area contributed by atoms with Gasteiger partial charge in [0.25, 0.3) is 0 Å². The fourth-order valence-corrected chi connectivity index (χ4v) is 1.16. The van der Waals surface area contributed by atoms with Crippen molar-refractivity contribution in [1.82, 2.24) is 4.98 Å². The van der Waals surface area contributed by atoms with Crippen molar-refractivity contribution in [3.05, 3.63) is 32.4 Å². The van der Waals surface area contributed by atoms with E-state index in [9.17, 15) is 10.1 Å². The summed E-state index contributed by atoms with van der Waals surface area (Å²) in [7, 11) is 0. The van der Waals surface area contributed by atoms with Crippen LogP contribution in [0.4, 0.5) is 0 Å². The number of hydrogen-bond acceptors (Lipinski definition) is 4. The van der Waals surface area contributed by atoms with Crippen LogP contribution in [-0.4, -0.2) is 9.91 Å². The average Bonchev–Trinajstić information content (AvgIpc) is 2.39. The first-order chi connectivity index (χ1) is 5.20. The third-order valence-electron chi connectivity index (χ3n) is 1.09. The van der Waals surface area contributed by atoms with Gasteiger partial charge in [0.1, 0.15) is 0 Å². The Bertz CT molecular complexity index is 279. The molecular weight excluding hydrogens is 164 g/mol. The maximum absolute atomic E-state index is 10.1. The average molecular weight is 170 g/mol. The second-order valence-electron chi connectivity index (χ2n) is 1.95. The second kappa shape index (κ2) is 3.25. The predicted octanol–water partition coefficient (Wildman–Crippen LogP) is 1.78. The van der Waals surface area contributed by atoms with Gasteiger partial charge in [0.15, 0.2) is 0 Å². The highest BCUT2D eigenvalue weighted by Crippen LogP contribution is 2.10. The Balaban J connectivity index is 2.82. The molecule has 5 heteroatoms. The lowest BCUT2D eigenvalue weighted by molar-refractivity contribution is -0.422. The first kappa shape index (κ1) is 7.87. The fraction of sp³-hybridized carbons (Fsp3) is 0.167. The molecule has 58 valence electrons. The highest BCUT2D eigenvalue weighted by Gasteiger charge is 2.01. The molecule has 0 spiro atoms. The summed E-state index contributed by atoms with van der Waals surface area (Å²) in [6, 6.07) is 0. The molecule has 0 atom stereocenters. The number of hydrogen-bond donors (Lipinski definition) is 0. The SMILES string of the molecule is C/C(=C\c1cncs1)[N+](=O)[O-]. The van der Waals surface area contributed by atoms with Crippen LogP contribution in [0.15, 0.2) is 17.4 Å². The second-order valence-corrected chi connectivity index (χ2v) is 2.86. The maximum Gasteiger partial charge on any atom is 0.244 e. The molecule has 4 nitrogen and oxygen atoms in total. The van der Waals surface area contributed by atoms with Gasteiger partial charge in [-0.25, -0.2) is 0 Å². The molecule has 0 radical (unpaired) electrons. The molecule has 1 aromatic rings. The van der Waals surface area contributed by atoms with Gasteiger partial charge < -0.3 is 0 Å². The van der Waals surface area contributed by atoms with E-state index in [1.54, 1.807) is 11.7 Å². The summed E-state index contributed by atoms with van der Waals surface area (Å²) in [6.45, 7) is 1.46. The Morgan fingerprint density at radius 3 is 3.09 bits per heavy atom. The zero-order valence-electron chi connectivity index (χ0n) is 5.85. The van der Waals surface area contributed by atoms with E-state index in [-0.39, 0.29) is 5.70 Å². The smallest absolute Gasteiger partial charge is 0.244 e. The zero-order chi connectivity index (χ0) is 8.27. The molecule has 0 aliphatic carbocycles. The number of nitrogens with zero attached hydrogens (tertiary/aromatic N) is 2. The van der Waals surface area contributed by atoms with Gasteiger partial charge in [0.2, 0.25) is 5.70 Å². The molecule has 0 N–H and O–H groups in total. The minimum absolute atomic E-state index is 0.134. The molecule has 0 aromatic carbocycles. The van der Waals surface area contributed by atoms with Crippen LogP contribution in [0.3, 0.4) is 0 Å². The summed E-state index contributed by atoms with van der Waals surface area (Å²) < 4.78 is 0. The molecule has 0 amide bonds. The van der Waals surface area contributed by atoms with Crippen molar-refractivity contribution in [2.75, 3.05) is 0 Å². The van der Waals surface area contributed by atoms with Gasteiger partial charge >= 0.3 is 0 Å². The lowest BCUT2D eigenvalue weighted by atomic mass is 10.4. The Labute approximate surface area is 67.3 Å². The summed E-state index contributed by atoms with van der Waals surface area (Å²) in [5.74, 6) is 0. The minimum Gasteiger partial charge on any atom is -0.259 e. The van der Waals surface area contributed by atoms with Crippen LogP contribution in [-0.2, 0) is 0 Å². The molecule has 0 aliphatic heterocycles. The van der Waals surface area contributed by atoms with E-state index in [1.807, 2.05) is 0 Å². The molecule has 0 saturated heterocycles. The molecule has 0 saturated carbocycles. The molecule has 0 bridgehead atoms. The summed E-state index contributed by atoms with van der Waals surface area (Å²) in [5.41, 5.74) is 1.77. The van der Waals surface area contributed by atoms with Gasteiger partial charge in [-0.1, -0.05) is 0 Å². The standard InChI is InChI=1S/C6H6N2O2S/c1-5(8(9)10)2-6-3-7-4-11-6/h2-4H,1H3/b5-2+. The monoisotopic (exact) mass is 170 g/mol. The summed E-state index contributed by atoms with van der Waals surface area (Å²) in [4.78, 5) is 14.3. The van der Waals surface area contributed by atoms with E-state index < -0.39 is 4.92 Å². The highest BCUT2D eigenvalue weighted by molar-refractivity contribution is 7.10. The molecule has 1 rings (SSSR count). The van der Waals surface area contributed by atoms with E-state index in [4.69, 9.17) is 0 Å². The van der Waals surface area contributed by atoms with Gasteiger partial charge in [0.05, 0.1) is 15.3 Å². The van der Waals surface area contributed by atoms with Gasteiger partial charge in [-0.2, -0.15) is 0 Å². The zero-order valence-corrected chi connectivity index (χ0v) is 6.67. The number of thiazole rings is 1. The summed E-state index contributed by atoms with van der Waals surface area (Å²) >= 11 is 1.38. The lowest BCUT2D eigenvalue weighted by Gasteiger charge is -1.85. The first-order valence-corrected chi connectivity index (χ1v) is 3.79. The van der Waals surface area contributed by atoms with E-state index >= 15 is 0 Å². The van der Waals surface area contributed by atoms with Crippen molar-refractivity contribution in [3.8, 4) is 0 Å². The third kappa shape index (κ3) is 2.12. The van der Waals surface area contributed by atoms with Crippen LogP contribution in [0.2, 0.25) is 0 Å². The lowest BCUT2D eigenvalue weighted by Crippen LogP contribution is -1.91. The van der Waals surface area contributed by atoms with E-state index in [2.05, 4.69) is 4.98 Å². The Kier molecular flexibility index (Phi) is 2.32. The van der Waals surface area contributed by atoms with Crippen molar-refractivity contribution in [2.24, 2.45) is 0 Å². The van der Waals surface area contributed by atoms with Crippen LogP contribution in [0.1, 0.15) is 11.8 Å². The van der Waals surface area contributed by atoms with E-state index in [1.165, 1.54) is 24.3 Å². The molecule has 11 heavy (non-hydrogen) atoms. The summed E-state index contributed by atoms with van der Waals surface area (Å²) in [5, 5.41) is 10.1. The minimum atomic E-state index is -0.417. The van der Waals surface area contributed by atoms with Crippen LogP contribution < -0.4 is 0 Å². The molecule has 1 heterocycles. The van der Waals surface area contributed by atoms with Crippen molar-refractivity contribution >= 4 is 17.4 Å². The van der Waals surface area contributed by atoms with Gasteiger partial charge in [-0.15, -0.1) is 11.3 Å². The Morgan fingerprint density at radius 1 is 1.91 bits per heavy atom. The highest BCUT2D eigenvalue weighted by atomic mass is 32.1. The summed E-state index contributed by atoms with van der Waals surface area (Å²) in [6.07, 6.45) is 3.09. The van der Waals surface area contributed by atoms with Gasteiger partial charge in [0, 0.05) is 19.2 Å². The van der Waals surface area contributed by atoms with E-state index in [0.29, 0.717) is 0 Å². The number of aromatic nitrogens is 1. The number of nitro groups is 1. The largest absolute Gasteiger partial charge is 0.259 e. The maximum atomic E-state index is 10.1.